The lowest BCUT2D eigenvalue weighted by atomic mass is 9.99. The Balaban J connectivity index is 1.83. The van der Waals surface area contributed by atoms with Crippen LogP contribution < -0.4 is 4.74 Å². The average molecular weight is 335 g/mol. The van der Waals surface area contributed by atoms with Gasteiger partial charge >= 0.3 is 0 Å². The molecule has 0 unspecified atom stereocenters. The zero-order chi connectivity index (χ0) is 17.7. The molecule has 0 aliphatic carbocycles. The Morgan fingerprint density at radius 3 is 2.08 bits per heavy atom. The van der Waals surface area contributed by atoms with Crippen molar-refractivity contribution in [1.82, 2.24) is 0 Å². The minimum absolute atomic E-state index is 0.686. The van der Waals surface area contributed by atoms with Gasteiger partial charge in [-0.15, -0.1) is 0 Å². The molecule has 25 heavy (non-hydrogen) atoms. The third kappa shape index (κ3) is 6.27. The summed E-state index contributed by atoms with van der Waals surface area (Å²) in [5.74, 6) is 0.869. The van der Waals surface area contributed by atoms with Crippen LogP contribution in [0.3, 0.4) is 0 Å². The monoisotopic (exact) mass is 335 g/mol. The van der Waals surface area contributed by atoms with Gasteiger partial charge in [-0.3, -0.25) is 0 Å². The minimum Gasteiger partial charge on any atom is -0.493 e. The maximum Gasteiger partial charge on any atom is 0.127 e. The number of hydrogen-bond acceptors (Lipinski definition) is 2. The fraction of sp³-hybridized carbons (Fsp3) is 0.435. The van der Waals surface area contributed by atoms with Gasteiger partial charge in [0.25, 0.3) is 0 Å². The molecule has 0 heterocycles. The van der Waals surface area contributed by atoms with Crippen LogP contribution >= 0.6 is 0 Å². The fourth-order valence-electron chi connectivity index (χ4n) is 3.05. The van der Waals surface area contributed by atoms with Crippen LogP contribution in [0.1, 0.15) is 63.9 Å². The van der Waals surface area contributed by atoms with E-state index in [1.165, 1.54) is 44.9 Å². The standard InChI is InChI=1S/C23H29NO/c1-2-3-4-5-6-7-8-13-18-25-23-17-12-11-16-22(23)21-15-10-9-14-20(21)19-24/h9-12,14-17H,2-8,13,18H2,1H3. The Hall–Kier alpha value is -2.27. The highest BCUT2D eigenvalue weighted by molar-refractivity contribution is 5.75. The third-order valence-corrected chi connectivity index (χ3v) is 4.48. The lowest BCUT2D eigenvalue weighted by Gasteiger charge is -2.12. The first kappa shape index (κ1) is 19.1. The summed E-state index contributed by atoms with van der Waals surface area (Å²) >= 11 is 0. The Labute approximate surface area is 152 Å². The first-order chi connectivity index (χ1) is 12.4. The number of benzene rings is 2. The van der Waals surface area contributed by atoms with Crippen LogP contribution in [0.2, 0.25) is 0 Å². The summed E-state index contributed by atoms with van der Waals surface area (Å²) in [6, 6.07) is 18.0. The van der Waals surface area contributed by atoms with Crippen LogP contribution in [0.5, 0.6) is 5.75 Å². The molecule has 2 nitrogen and oxygen atoms in total. The highest BCUT2D eigenvalue weighted by atomic mass is 16.5. The number of nitriles is 1. The zero-order valence-corrected chi connectivity index (χ0v) is 15.3. The molecule has 2 rings (SSSR count). The summed E-state index contributed by atoms with van der Waals surface area (Å²) in [5.41, 5.74) is 2.63. The van der Waals surface area contributed by atoms with Crippen LogP contribution in [0, 0.1) is 11.3 Å². The van der Waals surface area contributed by atoms with E-state index in [-0.39, 0.29) is 0 Å². The summed E-state index contributed by atoms with van der Waals surface area (Å²) in [7, 11) is 0. The van der Waals surface area contributed by atoms with Crippen LogP contribution in [-0.4, -0.2) is 6.61 Å². The van der Waals surface area contributed by atoms with Gasteiger partial charge in [0, 0.05) is 11.1 Å². The molecule has 2 aromatic carbocycles. The molecule has 0 atom stereocenters. The van der Waals surface area contributed by atoms with Crippen molar-refractivity contribution >= 4 is 0 Å². The number of nitrogens with zero attached hydrogens (tertiary/aromatic N) is 1. The Bertz CT molecular complexity index is 672. The molecular weight excluding hydrogens is 306 g/mol. The van der Waals surface area contributed by atoms with Gasteiger partial charge in [-0.2, -0.15) is 5.26 Å². The number of rotatable bonds is 11. The summed E-state index contributed by atoms with van der Waals surface area (Å²) in [6.07, 6.45) is 10.4. The van der Waals surface area contributed by atoms with Gasteiger partial charge < -0.3 is 4.74 Å². The lowest BCUT2D eigenvalue weighted by Crippen LogP contribution is -1.99. The molecule has 0 bridgehead atoms. The Kier molecular flexibility index (Phi) is 8.63. The second-order valence-corrected chi connectivity index (χ2v) is 6.48. The molecule has 0 saturated heterocycles. The van der Waals surface area contributed by atoms with Gasteiger partial charge in [-0.1, -0.05) is 88.3 Å². The predicted octanol–water partition coefficient (Wildman–Crippen LogP) is 6.74. The number of unbranched alkanes of at least 4 members (excludes halogenated alkanes) is 7. The molecule has 0 amide bonds. The van der Waals surface area contributed by atoms with Crippen molar-refractivity contribution in [3.63, 3.8) is 0 Å². The molecule has 132 valence electrons. The van der Waals surface area contributed by atoms with Gasteiger partial charge in [0.05, 0.1) is 18.2 Å². The van der Waals surface area contributed by atoms with Gasteiger partial charge in [-0.25, -0.2) is 0 Å². The second kappa shape index (κ2) is 11.3. The second-order valence-electron chi connectivity index (χ2n) is 6.48. The van der Waals surface area contributed by atoms with Crippen LogP contribution in [0.25, 0.3) is 11.1 Å². The highest BCUT2D eigenvalue weighted by Gasteiger charge is 2.09. The third-order valence-electron chi connectivity index (χ3n) is 4.48. The van der Waals surface area contributed by atoms with Crippen LogP contribution in [0.4, 0.5) is 0 Å². The molecule has 0 N–H and O–H groups in total. The topological polar surface area (TPSA) is 33.0 Å². The van der Waals surface area contributed by atoms with Crippen LogP contribution in [-0.2, 0) is 0 Å². The van der Waals surface area contributed by atoms with Gasteiger partial charge in [0.15, 0.2) is 0 Å². The Morgan fingerprint density at radius 2 is 1.36 bits per heavy atom. The quantitative estimate of drug-likeness (QED) is 0.426. The maximum atomic E-state index is 9.33. The molecule has 0 aliphatic heterocycles. The van der Waals surface area contributed by atoms with Crippen molar-refractivity contribution in [3.8, 4) is 22.9 Å². The summed E-state index contributed by atoms with van der Waals surface area (Å²) in [4.78, 5) is 0. The summed E-state index contributed by atoms with van der Waals surface area (Å²) in [6.45, 7) is 2.99. The molecule has 0 saturated carbocycles. The molecule has 0 spiro atoms. The SMILES string of the molecule is CCCCCCCCCCOc1ccccc1-c1ccccc1C#N. The Morgan fingerprint density at radius 1 is 0.760 bits per heavy atom. The van der Waals surface area contributed by atoms with Gasteiger partial charge in [0.1, 0.15) is 5.75 Å². The molecule has 0 aliphatic rings. The predicted molar refractivity (Wildman–Crippen MR) is 105 cm³/mol. The molecule has 2 heteroatoms. The number of para-hydroxylation sites is 1. The number of ether oxygens (including phenoxy) is 1. The maximum absolute atomic E-state index is 9.33. The van der Waals surface area contributed by atoms with E-state index < -0.39 is 0 Å². The van der Waals surface area contributed by atoms with Crippen molar-refractivity contribution in [1.29, 1.82) is 5.26 Å². The average Bonchev–Trinajstić information content (AvgIpc) is 2.67. The molecule has 0 aromatic heterocycles. The van der Waals surface area contributed by atoms with Crippen molar-refractivity contribution in [3.05, 3.63) is 54.1 Å². The summed E-state index contributed by atoms with van der Waals surface area (Å²) in [5, 5.41) is 9.33. The van der Waals surface area contributed by atoms with Crippen molar-refractivity contribution in [2.45, 2.75) is 58.3 Å². The normalized spacial score (nSPS) is 10.4. The molecule has 0 radical (unpaired) electrons. The van der Waals surface area contributed by atoms with Crippen molar-refractivity contribution in [2.75, 3.05) is 6.61 Å². The van der Waals surface area contributed by atoms with E-state index >= 15 is 0 Å². The van der Waals surface area contributed by atoms with Gasteiger partial charge in [0.2, 0.25) is 0 Å². The number of hydrogen-bond donors (Lipinski definition) is 0. The van der Waals surface area contributed by atoms with Gasteiger partial charge in [-0.05, 0) is 18.6 Å². The highest BCUT2D eigenvalue weighted by Crippen LogP contribution is 2.32. The van der Waals surface area contributed by atoms with E-state index in [0.717, 1.165) is 29.9 Å². The van der Waals surface area contributed by atoms with Crippen molar-refractivity contribution < 1.29 is 4.74 Å². The lowest BCUT2D eigenvalue weighted by molar-refractivity contribution is 0.305. The zero-order valence-electron chi connectivity index (χ0n) is 15.3. The summed E-state index contributed by atoms with van der Waals surface area (Å²) < 4.78 is 6.03. The van der Waals surface area contributed by atoms with E-state index in [0.29, 0.717) is 5.56 Å². The first-order valence-electron chi connectivity index (χ1n) is 9.58. The van der Waals surface area contributed by atoms with E-state index in [1.807, 2.05) is 48.5 Å². The molecular formula is C23H29NO. The van der Waals surface area contributed by atoms with Crippen molar-refractivity contribution in [2.24, 2.45) is 0 Å². The van der Waals surface area contributed by atoms with E-state index in [2.05, 4.69) is 13.0 Å². The van der Waals surface area contributed by atoms with E-state index in [1.54, 1.807) is 0 Å². The van der Waals surface area contributed by atoms with E-state index in [9.17, 15) is 5.26 Å². The fourth-order valence-corrected chi connectivity index (χ4v) is 3.05. The molecule has 0 fully saturated rings. The largest absolute Gasteiger partial charge is 0.493 e. The van der Waals surface area contributed by atoms with Crippen LogP contribution in [0.15, 0.2) is 48.5 Å². The molecule has 2 aromatic rings. The van der Waals surface area contributed by atoms with E-state index in [4.69, 9.17) is 4.74 Å². The first-order valence-corrected chi connectivity index (χ1v) is 9.58. The minimum atomic E-state index is 0.686. The smallest absolute Gasteiger partial charge is 0.127 e.